The van der Waals surface area contributed by atoms with Crippen molar-refractivity contribution in [1.82, 2.24) is 10.3 Å². The zero-order valence-corrected chi connectivity index (χ0v) is 13.6. The molecule has 2 aromatic heterocycles. The van der Waals surface area contributed by atoms with Crippen molar-refractivity contribution in [2.45, 2.75) is 0 Å². The highest BCUT2D eigenvalue weighted by Gasteiger charge is 2.25. The van der Waals surface area contributed by atoms with Crippen molar-refractivity contribution in [1.29, 1.82) is 0 Å². The predicted octanol–water partition coefficient (Wildman–Crippen LogP) is 3.55. The molecule has 1 aliphatic rings. The molecule has 0 spiro atoms. The Morgan fingerprint density at radius 1 is 1.12 bits per heavy atom. The number of aromatic nitrogens is 1. The number of fused-ring (bicyclic) bond motifs is 1. The molecule has 3 aromatic rings. The normalized spacial score (nSPS) is 15.3. The smallest absolute Gasteiger partial charge is 0.290 e. The fourth-order valence-corrected chi connectivity index (χ4v) is 3.02. The van der Waals surface area contributed by atoms with Crippen LogP contribution in [0.5, 0.6) is 0 Å². The van der Waals surface area contributed by atoms with Gasteiger partial charge in [-0.1, -0.05) is 30.0 Å². The van der Waals surface area contributed by atoms with Crippen LogP contribution in [0.4, 0.5) is 4.79 Å². The number of pyridine rings is 1. The Kier molecular flexibility index (Phi) is 3.84. The van der Waals surface area contributed by atoms with Gasteiger partial charge in [0.05, 0.1) is 10.5 Å². The first-order valence-electron chi connectivity index (χ1n) is 7.38. The molecule has 0 saturated carbocycles. The lowest BCUT2D eigenvalue weighted by atomic mass is 10.2. The minimum Gasteiger partial charge on any atom is -0.455 e. The Morgan fingerprint density at radius 3 is 2.72 bits per heavy atom. The average Bonchev–Trinajstić information content (AvgIpc) is 3.16. The van der Waals surface area contributed by atoms with Crippen LogP contribution in [0, 0.1) is 11.8 Å². The van der Waals surface area contributed by atoms with E-state index in [9.17, 15) is 9.59 Å². The Hall–Kier alpha value is -3.30. The molecule has 0 atom stereocenters. The van der Waals surface area contributed by atoms with Crippen LogP contribution in [0.25, 0.3) is 17.0 Å². The second-order valence-corrected chi connectivity index (χ2v) is 6.24. The van der Waals surface area contributed by atoms with Gasteiger partial charge < -0.3 is 4.42 Å². The summed E-state index contributed by atoms with van der Waals surface area (Å²) >= 11 is 0.848. The molecule has 120 valence electrons. The summed E-state index contributed by atoms with van der Waals surface area (Å²) in [5.41, 5.74) is 2.15. The van der Waals surface area contributed by atoms with Crippen LogP contribution in [0.1, 0.15) is 16.9 Å². The van der Waals surface area contributed by atoms with Gasteiger partial charge in [-0.15, -0.1) is 0 Å². The number of benzene rings is 1. The summed E-state index contributed by atoms with van der Waals surface area (Å²) in [5.74, 6) is 6.18. The lowest BCUT2D eigenvalue weighted by Crippen LogP contribution is -2.17. The molecular weight excluding hydrogens is 336 g/mol. The van der Waals surface area contributed by atoms with Crippen LogP contribution in [0.2, 0.25) is 0 Å². The van der Waals surface area contributed by atoms with Crippen molar-refractivity contribution < 1.29 is 14.0 Å². The van der Waals surface area contributed by atoms with E-state index in [1.165, 1.54) is 0 Å². The number of carbonyl (C=O) groups excluding carboxylic acids is 2. The molecule has 1 fully saturated rings. The van der Waals surface area contributed by atoms with E-state index in [1.807, 2.05) is 30.3 Å². The molecule has 2 amide bonds. The van der Waals surface area contributed by atoms with Crippen LogP contribution >= 0.6 is 11.8 Å². The van der Waals surface area contributed by atoms with Gasteiger partial charge >= 0.3 is 0 Å². The second kappa shape index (κ2) is 6.30. The first-order valence-corrected chi connectivity index (χ1v) is 8.20. The van der Waals surface area contributed by atoms with Crippen LogP contribution in [-0.2, 0) is 4.79 Å². The maximum Gasteiger partial charge on any atom is 0.290 e. The third kappa shape index (κ3) is 3.18. The van der Waals surface area contributed by atoms with Crippen LogP contribution in [0.15, 0.2) is 58.1 Å². The highest BCUT2D eigenvalue weighted by atomic mass is 32.2. The third-order valence-corrected chi connectivity index (χ3v) is 4.28. The van der Waals surface area contributed by atoms with Gasteiger partial charge in [-0.3, -0.25) is 19.9 Å². The van der Waals surface area contributed by atoms with Crippen molar-refractivity contribution in [3.63, 3.8) is 0 Å². The van der Waals surface area contributed by atoms with Gasteiger partial charge in [-0.2, -0.15) is 0 Å². The molecule has 0 bridgehead atoms. The van der Waals surface area contributed by atoms with Gasteiger partial charge in [0.25, 0.3) is 11.1 Å². The Balaban J connectivity index is 1.72. The minimum atomic E-state index is -0.419. The van der Waals surface area contributed by atoms with Crippen molar-refractivity contribution in [2.75, 3.05) is 0 Å². The molecule has 1 saturated heterocycles. The topological polar surface area (TPSA) is 72.2 Å². The minimum absolute atomic E-state index is 0.300. The standard InChI is InChI=1S/C19H10N2O3S/c22-18-16(25-19(23)21-18)9-15-8-14-11-20-10-13(17(14)24-15)7-6-12-4-2-1-3-5-12/h1-5,8-11H,(H,21,22,23). The van der Waals surface area contributed by atoms with Crippen LogP contribution < -0.4 is 5.32 Å². The SMILES string of the molecule is O=C1NC(=O)C(=Cc2cc3cncc(C#Cc4ccccc4)c3o2)S1. The van der Waals surface area contributed by atoms with Gasteiger partial charge in [0, 0.05) is 29.4 Å². The largest absolute Gasteiger partial charge is 0.455 e. The van der Waals surface area contributed by atoms with E-state index in [1.54, 1.807) is 24.5 Å². The number of hydrogen-bond acceptors (Lipinski definition) is 5. The summed E-state index contributed by atoms with van der Waals surface area (Å²) in [4.78, 5) is 27.3. The number of hydrogen-bond donors (Lipinski definition) is 1. The van der Waals surface area contributed by atoms with Crippen LogP contribution in [0.3, 0.4) is 0 Å². The lowest BCUT2D eigenvalue weighted by molar-refractivity contribution is -0.115. The van der Waals surface area contributed by atoms with Gasteiger partial charge in [0.15, 0.2) is 5.58 Å². The number of rotatable bonds is 1. The van der Waals surface area contributed by atoms with Crippen molar-refractivity contribution in [3.05, 3.63) is 70.6 Å². The summed E-state index contributed by atoms with van der Waals surface area (Å²) in [7, 11) is 0. The monoisotopic (exact) mass is 346 g/mol. The number of nitrogens with one attached hydrogen (secondary N) is 1. The first-order chi connectivity index (χ1) is 12.2. The molecular formula is C19H10N2O3S. The maximum absolute atomic E-state index is 11.6. The lowest BCUT2D eigenvalue weighted by Gasteiger charge is -1.92. The zero-order valence-electron chi connectivity index (χ0n) is 12.8. The van der Waals surface area contributed by atoms with Crippen molar-refractivity contribution >= 4 is 40.0 Å². The molecule has 6 heteroatoms. The van der Waals surface area contributed by atoms with E-state index in [0.717, 1.165) is 22.7 Å². The number of imide groups is 1. The summed E-state index contributed by atoms with van der Waals surface area (Å²) in [6.45, 7) is 0. The molecule has 1 aromatic carbocycles. The van der Waals surface area contributed by atoms with Gasteiger partial charge in [0.2, 0.25) is 0 Å². The number of carbonyl (C=O) groups is 2. The highest BCUT2D eigenvalue weighted by molar-refractivity contribution is 8.18. The van der Waals surface area contributed by atoms with E-state index in [4.69, 9.17) is 4.42 Å². The van der Waals surface area contributed by atoms with E-state index in [0.29, 0.717) is 21.8 Å². The van der Waals surface area contributed by atoms with Gasteiger partial charge in [-0.05, 0) is 30.0 Å². The summed E-state index contributed by atoms with van der Waals surface area (Å²) < 4.78 is 5.81. The number of furan rings is 1. The van der Waals surface area contributed by atoms with E-state index in [2.05, 4.69) is 22.1 Å². The molecule has 5 nitrogen and oxygen atoms in total. The summed E-state index contributed by atoms with van der Waals surface area (Å²) in [5, 5.41) is 2.60. The fourth-order valence-electron chi connectivity index (χ4n) is 2.35. The molecule has 3 heterocycles. The second-order valence-electron chi connectivity index (χ2n) is 5.22. The maximum atomic E-state index is 11.6. The highest BCUT2D eigenvalue weighted by Crippen LogP contribution is 2.28. The Bertz CT molecular complexity index is 1090. The summed E-state index contributed by atoms with van der Waals surface area (Å²) in [6, 6.07) is 11.4. The molecule has 25 heavy (non-hydrogen) atoms. The van der Waals surface area contributed by atoms with Gasteiger partial charge in [0.1, 0.15) is 5.76 Å². The molecule has 1 N–H and O–H groups in total. The van der Waals surface area contributed by atoms with Gasteiger partial charge in [-0.25, -0.2) is 0 Å². The quantitative estimate of drug-likeness (QED) is 0.539. The van der Waals surface area contributed by atoms with E-state index < -0.39 is 5.91 Å². The molecule has 0 unspecified atom stereocenters. The molecule has 0 aliphatic carbocycles. The van der Waals surface area contributed by atoms with E-state index in [-0.39, 0.29) is 5.24 Å². The Morgan fingerprint density at radius 2 is 1.96 bits per heavy atom. The van der Waals surface area contributed by atoms with Crippen LogP contribution in [-0.4, -0.2) is 16.1 Å². The summed E-state index contributed by atoms with van der Waals surface area (Å²) in [6.07, 6.45) is 4.85. The molecule has 4 rings (SSSR count). The predicted molar refractivity (Wildman–Crippen MR) is 95.5 cm³/mol. The molecule has 1 aliphatic heterocycles. The van der Waals surface area contributed by atoms with Crippen molar-refractivity contribution in [2.24, 2.45) is 0 Å². The number of amides is 2. The zero-order chi connectivity index (χ0) is 17.2. The Labute approximate surface area is 147 Å². The van der Waals surface area contributed by atoms with Crippen molar-refractivity contribution in [3.8, 4) is 11.8 Å². The first kappa shape index (κ1) is 15.2. The van der Waals surface area contributed by atoms with E-state index >= 15 is 0 Å². The average molecular weight is 346 g/mol. The molecule has 0 radical (unpaired) electrons. The third-order valence-electron chi connectivity index (χ3n) is 3.47. The number of thioether (sulfide) groups is 1. The number of nitrogens with zero attached hydrogens (tertiary/aromatic N) is 1. The fraction of sp³-hybridized carbons (Fsp3) is 0.